The standard InChI is InChI=1S/C24H26N4O2S/c1-16-7-6-8-17(2)22(16)26-21(29)15-31-24-25-20-11-12-28(14-19(20)23(30)27-24)13-18-9-4-3-5-10-18/h3-10H,11-15H2,1-2H3,(H,26,29)(H,25,27,30). The van der Waals surface area contributed by atoms with Gasteiger partial charge in [0.25, 0.3) is 5.56 Å². The molecule has 2 N–H and O–H groups in total. The number of amides is 1. The van der Waals surface area contributed by atoms with Crippen LogP contribution in [0.4, 0.5) is 5.69 Å². The lowest BCUT2D eigenvalue weighted by molar-refractivity contribution is -0.113. The molecule has 6 nitrogen and oxygen atoms in total. The monoisotopic (exact) mass is 434 g/mol. The Morgan fingerprint density at radius 2 is 1.87 bits per heavy atom. The number of hydrogen-bond acceptors (Lipinski definition) is 5. The molecule has 0 spiro atoms. The van der Waals surface area contributed by atoms with Gasteiger partial charge in [0.05, 0.1) is 17.0 Å². The number of nitrogens with one attached hydrogen (secondary N) is 2. The predicted molar refractivity (Wildman–Crippen MR) is 124 cm³/mol. The molecule has 4 rings (SSSR count). The fraction of sp³-hybridized carbons (Fsp3) is 0.292. The number of H-pyrrole nitrogens is 1. The van der Waals surface area contributed by atoms with Crippen LogP contribution < -0.4 is 10.9 Å². The van der Waals surface area contributed by atoms with Gasteiger partial charge in [-0.3, -0.25) is 14.5 Å². The van der Waals surface area contributed by atoms with Gasteiger partial charge in [0.15, 0.2) is 5.16 Å². The molecule has 0 fully saturated rings. The first-order chi connectivity index (χ1) is 15.0. The Balaban J connectivity index is 1.39. The van der Waals surface area contributed by atoms with Crippen molar-refractivity contribution in [3.63, 3.8) is 0 Å². The highest BCUT2D eigenvalue weighted by Gasteiger charge is 2.21. The Hall–Kier alpha value is -2.90. The molecule has 3 aromatic rings. The van der Waals surface area contributed by atoms with Crippen LogP contribution in [0.1, 0.15) is 27.9 Å². The van der Waals surface area contributed by atoms with Gasteiger partial charge in [-0.2, -0.15) is 0 Å². The van der Waals surface area contributed by atoms with Crippen LogP contribution in [-0.2, 0) is 24.3 Å². The number of benzene rings is 2. The molecule has 0 saturated heterocycles. The molecule has 2 heterocycles. The van der Waals surface area contributed by atoms with E-state index in [1.165, 1.54) is 17.3 Å². The molecule has 1 aromatic heterocycles. The average Bonchev–Trinajstić information content (AvgIpc) is 2.76. The van der Waals surface area contributed by atoms with E-state index in [0.717, 1.165) is 47.6 Å². The van der Waals surface area contributed by atoms with E-state index < -0.39 is 0 Å². The number of anilines is 1. The number of fused-ring (bicyclic) bond motifs is 1. The summed E-state index contributed by atoms with van der Waals surface area (Å²) in [5, 5.41) is 3.47. The number of thioether (sulfide) groups is 1. The Bertz CT molecular complexity index is 1120. The highest BCUT2D eigenvalue weighted by atomic mass is 32.2. The largest absolute Gasteiger partial charge is 0.325 e. The number of nitrogens with zero attached hydrogens (tertiary/aromatic N) is 2. The first kappa shape index (κ1) is 21.3. The molecule has 0 saturated carbocycles. The zero-order chi connectivity index (χ0) is 21.8. The molecule has 0 bridgehead atoms. The summed E-state index contributed by atoms with van der Waals surface area (Å²) in [6.07, 6.45) is 0.730. The average molecular weight is 435 g/mol. The van der Waals surface area contributed by atoms with E-state index in [1.54, 1.807) is 0 Å². The highest BCUT2D eigenvalue weighted by molar-refractivity contribution is 7.99. The van der Waals surface area contributed by atoms with Crippen molar-refractivity contribution < 1.29 is 4.79 Å². The molecule has 1 aliphatic heterocycles. The van der Waals surface area contributed by atoms with Crippen LogP contribution in [0.3, 0.4) is 0 Å². The number of para-hydroxylation sites is 1. The molecular weight excluding hydrogens is 408 g/mol. The molecule has 2 aromatic carbocycles. The van der Waals surface area contributed by atoms with E-state index in [-0.39, 0.29) is 17.2 Å². The number of carbonyl (C=O) groups excluding carboxylic acids is 1. The lowest BCUT2D eigenvalue weighted by atomic mass is 10.1. The maximum atomic E-state index is 12.7. The molecule has 1 aliphatic rings. The number of rotatable bonds is 6. The molecule has 0 radical (unpaired) electrons. The second kappa shape index (κ2) is 9.49. The third kappa shape index (κ3) is 5.24. The summed E-state index contributed by atoms with van der Waals surface area (Å²) >= 11 is 1.26. The molecule has 1 amide bonds. The molecule has 7 heteroatoms. The van der Waals surface area contributed by atoms with Gasteiger partial charge >= 0.3 is 0 Å². The van der Waals surface area contributed by atoms with E-state index in [9.17, 15) is 9.59 Å². The van der Waals surface area contributed by atoms with Crippen LogP contribution in [-0.4, -0.2) is 33.1 Å². The van der Waals surface area contributed by atoms with E-state index in [0.29, 0.717) is 11.7 Å². The zero-order valence-corrected chi connectivity index (χ0v) is 18.6. The minimum absolute atomic E-state index is 0.111. The summed E-state index contributed by atoms with van der Waals surface area (Å²) in [5.74, 6) is 0.0760. The quantitative estimate of drug-likeness (QED) is 0.457. The molecular formula is C24H26N4O2S. The maximum absolute atomic E-state index is 12.7. The Morgan fingerprint density at radius 3 is 2.61 bits per heavy atom. The normalized spacial score (nSPS) is 13.6. The Labute approximate surface area is 186 Å². The fourth-order valence-corrected chi connectivity index (χ4v) is 4.50. The van der Waals surface area contributed by atoms with Gasteiger partial charge < -0.3 is 10.3 Å². The SMILES string of the molecule is Cc1cccc(C)c1NC(=O)CSc1nc2c(c(=O)[nH]1)CN(Cc1ccccc1)CC2. The topological polar surface area (TPSA) is 78.1 Å². The summed E-state index contributed by atoms with van der Waals surface area (Å²) in [4.78, 5) is 34.8. The number of aryl methyl sites for hydroxylation is 2. The minimum Gasteiger partial charge on any atom is -0.325 e. The second-order valence-electron chi connectivity index (χ2n) is 7.85. The smallest absolute Gasteiger partial charge is 0.256 e. The van der Waals surface area contributed by atoms with Crippen LogP contribution >= 0.6 is 11.8 Å². The van der Waals surface area contributed by atoms with Gasteiger partial charge in [-0.1, -0.05) is 60.3 Å². The van der Waals surface area contributed by atoms with Crippen LogP contribution in [0.5, 0.6) is 0 Å². The maximum Gasteiger partial charge on any atom is 0.256 e. The summed E-state index contributed by atoms with van der Waals surface area (Å²) in [7, 11) is 0. The number of hydrogen-bond donors (Lipinski definition) is 2. The van der Waals surface area contributed by atoms with Crippen molar-refractivity contribution in [2.75, 3.05) is 17.6 Å². The molecule has 160 valence electrons. The first-order valence-electron chi connectivity index (χ1n) is 10.4. The summed E-state index contributed by atoms with van der Waals surface area (Å²) in [6, 6.07) is 16.2. The van der Waals surface area contributed by atoms with E-state index in [1.807, 2.05) is 50.2 Å². The molecule has 0 atom stereocenters. The highest BCUT2D eigenvalue weighted by Crippen LogP contribution is 2.22. The second-order valence-corrected chi connectivity index (χ2v) is 8.81. The van der Waals surface area contributed by atoms with Crippen molar-refractivity contribution >= 4 is 23.4 Å². The van der Waals surface area contributed by atoms with Gasteiger partial charge in [0.1, 0.15) is 0 Å². The van der Waals surface area contributed by atoms with Crippen molar-refractivity contribution in [1.82, 2.24) is 14.9 Å². The van der Waals surface area contributed by atoms with Crippen molar-refractivity contribution in [2.45, 2.75) is 38.5 Å². The lowest BCUT2D eigenvalue weighted by Crippen LogP contribution is -2.35. The molecule has 0 aliphatic carbocycles. The summed E-state index contributed by atoms with van der Waals surface area (Å²) in [5.41, 5.74) is 5.59. The number of aromatic nitrogens is 2. The zero-order valence-electron chi connectivity index (χ0n) is 17.8. The van der Waals surface area contributed by atoms with Crippen LogP contribution in [0.15, 0.2) is 58.5 Å². The first-order valence-corrected chi connectivity index (χ1v) is 11.4. The van der Waals surface area contributed by atoms with Gasteiger partial charge in [-0.25, -0.2) is 4.98 Å². The van der Waals surface area contributed by atoms with Crippen molar-refractivity contribution in [2.24, 2.45) is 0 Å². The van der Waals surface area contributed by atoms with Gasteiger partial charge in [0, 0.05) is 31.7 Å². The fourth-order valence-electron chi connectivity index (χ4n) is 3.82. The van der Waals surface area contributed by atoms with Crippen LogP contribution in [0.25, 0.3) is 0 Å². The van der Waals surface area contributed by atoms with E-state index >= 15 is 0 Å². The molecule has 0 unspecified atom stereocenters. The van der Waals surface area contributed by atoms with E-state index in [4.69, 9.17) is 0 Å². The number of aromatic amines is 1. The summed E-state index contributed by atoms with van der Waals surface area (Å²) in [6.45, 7) is 6.20. The predicted octanol–water partition coefficient (Wildman–Crippen LogP) is 3.68. The van der Waals surface area contributed by atoms with Crippen molar-refractivity contribution in [3.05, 3.63) is 86.8 Å². The Kier molecular flexibility index (Phi) is 6.53. The minimum atomic E-state index is -0.114. The van der Waals surface area contributed by atoms with Crippen LogP contribution in [0.2, 0.25) is 0 Å². The Morgan fingerprint density at radius 1 is 1.13 bits per heavy atom. The number of carbonyl (C=O) groups is 1. The van der Waals surface area contributed by atoms with Gasteiger partial charge in [-0.05, 0) is 30.5 Å². The van der Waals surface area contributed by atoms with Crippen LogP contribution in [0, 0.1) is 13.8 Å². The lowest BCUT2D eigenvalue weighted by Gasteiger charge is -2.27. The summed E-state index contributed by atoms with van der Waals surface area (Å²) < 4.78 is 0. The van der Waals surface area contributed by atoms with Crippen molar-refractivity contribution in [1.29, 1.82) is 0 Å². The van der Waals surface area contributed by atoms with E-state index in [2.05, 4.69) is 32.3 Å². The van der Waals surface area contributed by atoms with Gasteiger partial charge in [0.2, 0.25) is 5.91 Å². The molecule has 31 heavy (non-hydrogen) atoms. The van der Waals surface area contributed by atoms with Gasteiger partial charge in [-0.15, -0.1) is 0 Å². The third-order valence-electron chi connectivity index (χ3n) is 5.46. The van der Waals surface area contributed by atoms with Crippen molar-refractivity contribution in [3.8, 4) is 0 Å². The third-order valence-corrected chi connectivity index (χ3v) is 6.33.